The van der Waals surface area contributed by atoms with E-state index in [9.17, 15) is 0 Å². The van der Waals surface area contributed by atoms with E-state index in [0.717, 1.165) is 6.42 Å². The lowest BCUT2D eigenvalue weighted by molar-refractivity contribution is 0.856. The predicted molar refractivity (Wildman–Crippen MR) is 95.4 cm³/mol. The number of benzene rings is 1. The van der Waals surface area contributed by atoms with Crippen LogP contribution in [0.25, 0.3) is 11.6 Å². The Morgan fingerprint density at radius 1 is 1.14 bits per heavy atom. The van der Waals surface area contributed by atoms with Gasteiger partial charge in [0.2, 0.25) is 0 Å². The minimum absolute atomic E-state index is 0.442. The smallest absolute Gasteiger partial charge is 0.0132 e. The molecule has 0 amide bonds. The standard InChI is InChI=1S/C20H24Si/c1-13(2)18-17(21(4)5)11-10-16-12-14(3)19(20(16)18)15-8-6-7-9-15/h6-8,10-13H,9H2,1-5H3. The van der Waals surface area contributed by atoms with Crippen LogP contribution >= 0.6 is 0 Å². The van der Waals surface area contributed by atoms with Gasteiger partial charge >= 0.3 is 0 Å². The van der Waals surface area contributed by atoms with Crippen molar-refractivity contribution in [3.8, 4) is 0 Å². The van der Waals surface area contributed by atoms with Gasteiger partial charge in [0.05, 0.1) is 0 Å². The zero-order chi connectivity index (χ0) is 15.1. The summed E-state index contributed by atoms with van der Waals surface area (Å²) >= 11 is 0. The summed E-state index contributed by atoms with van der Waals surface area (Å²) in [5, 5.41) is 1.42. The van der Waals surface area contributed by atoms with Gasteiger partial charge in [-0.05, 0) is 57.1 Å². The summed E-state index contributed by atoms with van der Waals surface area (Å²) in [6, 6.07) is 4.73. The van der Waals surface area contributed by atoms with Crippen LogP contribution in [0.15, 0.2) is 41.5 Å². The molecular formula is C20H24Si. The summed E-state index contributed by atoms with van der Waals surface area (Å²) in [6.45, 7) is 11.8. The summed E-state index contributed by atoms with van der Waals surface area (Å²) < 4.78 is 0. The molecule has 0 fully saturated rings. The molecule has 0 atom stereocenters. The average molecular weight is 292 g/mol. The van der Waals surface area contributed by atoms with E-state index in [2.05, 4.69) is 70.3 Å². The van der Waals surface area contributed by atoms with Crippen LogP contribution in [0.4, 0.5) is 0 Å². The molecule has 0 heterocycles. The third kappa shape index (κ3) is 2.34. The predicted octanol–water partition coefficient (Wildman–Crippen LogP) is 4.85. The van der Waals surface area contributed by atoms with Crippen molar-refractivity contribution in [1.82, 2.24) is 0 Å². The van der Waals surface area contributed by atoms with Crippen molar-refractivity contribution >= 4 is 20.1 Å². The molecule has 0 bridgehead atoms. The molecule has 0 saturated heterocycles. The number of fused-ring (bicyclic) bond motifs is 1. The van der Waals surface area contributed by atoms with E-state index >= 15 is 0 Å². The number of rotatable bonds is 2. The maximum Gasteiger partial charge on any atom is 0.0132 e. The Labute approximate surface area is 129 Å². The summed E-state index contributed by atoms with van der Waals surface area (Å²) in [6.07, 6.45) is 10.2. The number of hydrogen-bond acceptors (Lipinski definition) is 0. The van der Waals surface area contributed by atoms with Crippen LogP contribution in [-0.2, 0) is 0 Å². The van der Waals surface area contributed by atoms with Crippen LogP contribution in [0.1, 0.15) is 44.2 Å². The Morgan fingerprint density at radius 2 is 1.90 bits per heavy atom. The van der Waals surface area contributed by atoms with Gasteiger partial charge in [-0.1, -0.05) is 63.4 Å². The van der Waals surface area contributed by atoms with Crippen LogP contribution < -0.4 is 5.22 Å². The highest BCUT2D eigenvalue weighted by molar-refractivity contribution is 6.47. The SMILES string of the molecule is CC1=C(C2=CC=CC2)c2c(C(C)C)c(=[Si](C)C)ccc2=C1. The first kappa shape index (κ1) is 14.5. The quantitative estimate of drug-likeness (QED) is 0.683. The topological polar surface area (TPSA) is 0 Å². The van der Waals surface area contributed by atoms with Crippen LogP contribution in [0.2, 0.25) is 13.1 Å². The van der Waals surface area contributed by atoms with Gasteiger partial charge in [0.15, 0.2) is 0 Å². The van der Waals surface area contributed by atoms with Gasteiger partial charge in [-0.3, -0.25) is 0 Å². The largest absolute Gasteiger partial charge is 0.0801 e. The molecule has 2 aliphatic carbocycles. The lowest BCUT2D eigenvalue weighted by Gasteiger charge is -2.18. The van der Waals surface area contributed by atoms with E-state index in [4.69, 9.17) is 0 Å². The van der Waals surface area contributed by atoms with E-state index in [0.29, 0.717) is 5.92 Å². The molecule has 0 N–H and O–H groups in total. The van der Waals surface area contributed by atoms with Gasteiger partial charge in [-0.15, -0.1) is 0 Å². The molecule has 0 unspecified atom stereocenters. The molecule has 108 valence electrons. The van der Waals surface area contributed by atoms with E-state index < -0.39 is 8.41 Å². The second-order valence-electron chi connectivity index (χ2n) is 6.67. The minimum Gasteiger partial charge on any atom is -0.0801 e. The van der Waals surface area contributed by atoms with Gasteiger partial charge in [-0.2, -0.15) is 0 Å². The molecule has 0 spiro atoms. The molecule has 21 heavy (non-hydrogen) atoms. The second kappa shape index (κ2) is 5.38. The van der Waals surface area contributed by atoms with E-state index in [1.807, 2.05) is 0 Å². The van der Waals surface area contributed by atoms with Crippen LogP contribution in [0.5, 0.6) is 0 Å². The monoisotopic (exact) mass is 292 g/mol. The zero-order valence-electron chi connectivity index (χ0n) is 13.7. The molecule has 0 aliphatic heterocycles. The molecule has 3 rings (SSSR count). The van der Waals surface area contributed by atoms with Crippen LogP contribution in [0, 0.1) is 4.81 Å². The van der Waals surface area contributed by atoms with Crippen molar-refractivity contribution in [3.05, 3.63) is 62.7 Å². The normalized spacial score (nSPS) is 16.4. The van der Waals surface area contributed by atoms with Crippen molar-refractivity contribution < 1.29 is 0 Å². The van der Waals surface area contributed by atoms with Crippen molar-refractivity contribution in [3.63, 3.8) is 0 Å². The zero-order valence-corrected chi connectivity index (χ0v) is 14.7. The van der Waals surface area contributed by atoms with Gasteiger partial charge in [-0.25, -0.2) is 0 Å². The van der Waals surface area contributed by atoms with E-state index in [1.54, 1.807) is 10.4 Å². The van der Waals surface area contributed by atoms with Crippen molar-refractivity contribution in [2.75, 3.05) is 0 Å². The van der Waals surface area contributed by atoms with E-state index in [1.165, 1.54) is 27.5 Å². The molecule has 1 aromatic carbocycles. The van der Waals surface area contributed by atoms with Crippen molar-refractivity contribution in [2.45, 2.75) is 46.2 Å². The summed E-state index contributed by atoms with van der Waals surface area (Å²) in [7, 11) is -0.442. The first-order valence-corrected chi connectivity index (χ1v) is 10.4. The molecule has 0 aromatic heterocycles. The molecule has 0 radical (unpaired) electrons. The second-order valence-corrected chi connectivity index (χ2v) is 9.21. The summed E-state index contributed by atoms with van der Waals surface area (Å²) in [5.74, 6) is 0.583. The fraction of sp³-hybridized carbons (Fsp3) is 0.350. The molecule has 2 aliphatic rings. The number of hydrogen-bond donors (Lipinski definition) is 0. The molecule has 0 saturated carbocycles. The Bertz CT molecular complexity index is 810. The molecular weight excluding hydrogens is 268 g/mol. The average Bonchev–Trinajstić information content (AvgIpc) is 3.02. The molecule has 0 nitrogen and oxygen atoms in total. The first-order valence-electron chi connectivity index (χ1n) is 7.90. The fourth-order valence-electron chi connectivity index (χ4n) is 3.62. The van der Waals surface area contributed by atoms with Crippen LogP contribution in [0.3, 0.4) is 0 Å². The summed E-state index contributed by atoms with van der Waals surface area (Å²) in [5.41, 5.74) is 7.55. The third-order valence-electron chi connectivity index (χ3n) is 4.50. The van der Waals surface area contributed by atoms with Crippen molar-refractivity contribution in [1.29, 1.82) is 0 Å². The molecule has 1 heteroatoms. The Morgan fingerprint density at radius 3 is 2.48 bits per heavy atom. The van der Waals surface area contributed by atoms with Gasteiger partial charge in [0.25, 0.3) is 0 Å². The number of allylic oxidation sites excluding steroid dienone is 6. The Kier molecular flexibility index (Phi) is 3.70. The van der Waals surface area contributed by atoms with Gasteiger partial charge < -0.3 is 0 Å². The minimum atomic E-state index is -0.442. The van der Waals surface area contributed by atoms with Crippen molar-refractivity contribution in [2.24, 2.45) is 0 Å². The van der Waals surface area contributed by atoms with Crippen LogP contribution in [-0.4, -0.2) is 8.41 Å². The lowest BCUT2D eigenvalue weighted by atomic mass is 9.88. The first-order chi connectivity index (χ1) is 10.0. The Balaban J connectivity index is 2.36. The lowest BCUT2D eigenvalue weighted by Crippen LogP contribution is -2.12. The van der Waals surface area contributed by atoms with E-state index in [-0.39, 0.29) is 0 Å². The van der Waals surface area contributed by atoms with Gasteiger partial charge in [0, 0.05) is 8.41 Å². The maximum atomic E-state index is 2.41. The third-order valence-corrected chi connectivity index (χ3v) is 6.02. The maximum absolute atomic E-state index is 2.41. The summed E-state index contributed by atoms with van der Waals surface area (Å²) in [4.78, 5) is 1.61. The highest BCUT2D eigenvalue weighted by Gasteiger charge is 2.22. The highest BCUT2D eigenvalue weighted by Crippen LogP contribution is 2.37. The fourth-order valence-corrected chi connectivity index (χ4v) is 4.99. The Hall–Kier alpha value is -1.47. The highest BCUT2D eigenvalue weighted by atomic mass is 28.2. The van der Waals surface area contributed by atoms with Gasteiger partial charge in [0.1, 0.15) is 0 Å². The molecule has 1 aromatic rings.